The monoisotopic (exact) mass is 187 g/mol. The molecule has 4 heteroatoms. The largest absolute Gasteiger partial charge is 0.431 e. The van der Waals surface area contributed by atoms with Crippen LogP contribution in [0.25, 0.3) is 0 Å². The molecule has 0 aromatic carbocycles. The van der Waals surface area contributed by atoms with Crippen LogP contribution in [0.1, 0.15) is 37.0 Å². The van der Waals surface area contributed by atoms with Gasteiger partial charge in [0.1, 0.15) is 11.5 Å². The molecule has 0 N–H and O–H groups in total. The lowest BCUT2D eigenvalue weighted by Crippen LogP contribution is -2.12. The van der Waals surface area contributed by atoms with Crippen molar-refractivity contribution in [2.24, 2.45) is 0 Å². The first kappa shape index (κ1) is 9.26. The van der Waals surface area contributed by atoms with Gasteiger partial charge >= 0.3 is 0 Å². The summed E-state index contributed by atoms with van der Waals surface area (Å²) < 4.78 is 5.09. The molecule has 1 aromatic rings. The third kappa shape index (κ3) is 1.67. The predicted molar refractivity (Wildman–Crippen MR) is 45.6 cm³/mol. The smallest absolute Gasteiger partial charge is 0.292 e. The molecule has 1 heterocycles. The first-order valence-electron chi connectivity index (χ1n) is 3.57. The number of carbonyl (C=O) groups is 1. The molecule has 0 aliphatic heterocycles. The minimum Gasteiger partial charge on any atom is -0.431 e. The molecule has 12 heavy (non-hydrogen) atoms. The second-order valence-corrected chi connectivity index (χ2v) is 3.87. The van der Waals surface area contributed by atoms with Crippen molar-refractivity contribution in [2.75, 3.05) is 0 Å². The summed E-state index contributed by atoms with van der Waals surface area (Å²) in [7, 11) is 0. The molecule has 3 nitrogen and oxygen atoms in total. The van der Waals surface area contributed by atoms with Crippen molar-refractivity contribution >= 4 is 17.9 Å². The maximum atomic E-state index is 10.5. The average molecular weight is 188 g/mol. The first-order chi connectivity index (χ1) is 5.45. The topological polar surface area (TPSA) is 43.1 Å². The molecule has 0 saturated carbocycles. The van der Waals surface area contributed by atoms with Gasteiger partial charge in [0.05, 0.1) is 0 Å². The molecule has 1 rings (SSSR count). The lowest BCUT2D eigenvalue weighted by molar-refractivity contribution is 0.111. The molecule has 0 radical (unpaired) electrons. The van der Waals surface area contributed by atoms with Gasteiger partial charge in [-0.1, -0.05) is 20.8 Å². The molecule has 0 saturated heterocycles. The minimum absolute atomic E-state index is 0.0158. The van der Waals surface area contributed by atoms with Gasteiger partial charge in [-0.25, -0.2) is 0 Å². The number of halogens is 1. The van der Waals surface area contributed by atoms with Gasteiger partial charge in [0.15, 0.2) is 6.29 Å². The molecule has 0 aliphatic carbocycles. The highest BCUT2D eigenvalue weighted by molar-refractivity contribution is 6.27. The van der Waals surface area contributed by atoms with Gasteiger partial charge in [-0.2, -0.15) is 4.98 Å². The molecule has 0 amide bonds. The third-order valence-electron chi connectivity index (χ3n) is 1.42. The van der Waals surface area contributed by atoms with Gasteiger partial charge < -0.3 is 4.42 Å². The van der Waals surface area contributed by atoms with Crippen LogP contribution in [0.15, 0.2) is 4.42 Å². The van der Waals surface area contributed by atoms with E-state index in [1.165, 1.54) is 0 Å². The molecule has 0 unspecified atom stereocenters. The van der Waals surface area contributed by atoms with E-state index in [0.29, 0.717) is 12.0 Å². The van der Waals surface area contributed by atoms with E-state index in [1.54, 1.807) is 0 Å². The Morgan fingerprint density at radius 2 is 2.08 bits per heavy atom. The number of oxazole rings is 1. The minimum atomic E-state index is -0.240. The standard InChI is InChI=1S/C8H10ClNO2/c1-8(2,3)6-5(4-11)10-7(9)12-6/h4H,1-3H3. The lowest BCUT2D eigenvalue weighted by Gasteiger charge is -2.13. The Balaban J connectivity index is 3.22. The third-order valence-corrected chi connectivity index (χ3v) is 1.58. The Labute approximate surface area is 75.7 Å². The summed E-state index contributed by atoms with van der Waals surface area (Å²) >= 11 is 5.51. The molecule has 1 aromatic heterocycles. The van der Waals surface area contributed by atoms with Gasteiger partial charge in [-0.05, 0) is 11.6 Å². The number of aldehydes is 1. The Morgan fingerprint density at radius 1 is 1.50 bits per heavy atom. The van der Waals surface area contributed by atoms with E-state index < -0.39 is 0 Å². The van der Waals surface area contributed by atoms with Crippen molar-refractivity contribution in [2.45, 2.75) is 26.2 Å². The van der Waals surface area contributed by atoms with Crippen molar-refractivity contribution in [3.63, 3.8) is 0 Å². The van der Waals surface area contributed by atoms with Gasteiger partial charge in [-0.15, -0.1) is 0 Å². The number of hydrogen-bond donors (Lipinski definition) is 0. The van der Waals surface area contributed by atoms with E-state index in [9.17, 15) is 4.79 Å². The fourth-order valence-electron chi connectivity index (χ4n) is 0.922. The molecular weight excluding hydrogens is 178 g/mol. The van der Waals surface area contributed by atoms with Crippen molar-refractivity contribution in [1.82, 2.24) is 4.98 Å². The summed E-state index contributed by atoms with van der Waals surface area (Å²) in [6, 6.07) is 0. The van der Waals surface area contributed by atoms with Gasteiger partial charge in [0, 0.05) is 5.41 Å². The summed E-state index contributed by atoms with van der Waals surface area (Å²) in [4.78, 5) is 14.2. The highest BCUT2D eigenvalue weighted by Crippen LogP contribution is 2.27. The highest BCUT2D eigenvalue weighted by atomic mass is 35.5. The zero-order valence-corrected chi connectivity index (χ0v) is 7.97. The number of nitrogens with zero attached hydrogens (tertiary/aromatic N) is 1. The van der Waals surface area contributed by atoms with E-state index in [-0.39, 0.29) is 16.5 Å². The van der Waals surface area contributed by atoms with E-state index in [1.807, 2.05) is 20.8 Å². The second-order valence-electron chi connectivity index (χ2n) is 3.55. The number of rotatable bonds is 1. The summed E-state index contributed by atoms with van der Waals surface area (Å²) in [5.74, 6) is 0.530. The average Bonchev–Trinajstić information content (AvgIpc) is 2.29. The van der Waals surface area contributed by atoms with Crippen LogP contribution in [0.4, 0.5) is 0 Å². The zero-order valence-electron chi connectivity index (χ0n) is 7.22. The van der Waals surface area contributed by atoms with Gasteiger partial charge in [0.25, 0.3) is 5.35 Å². The zero-order chi connectivity index (χ0) is 9.35. The normalized spacial score (nSPS) is 11.7. The van der Waals surface area contributed by atoms with Crippen LogP contribution in [0.5, 0.6) is 0 Å². The second kappa shape index (κ2) is 2.90. The first-order valence-corrected chi connectivity index (χ1v) is 3.95. The van der Waals surface area contributed by atoms with Crippen molar-refractivity contribution < 1.29 is 9.21 Å². The van der Waals surface area contributed by atoms with Crippen LogP contribution < -0.4 is 0 Å². The molecule has 0 aliphatic rings. The van der Waals surface area contributed by atoms with E-state index in [4.69, 9.17) is 16.0 Å². The predicted octanol–water partition coefficient (Wildman–Crippen LogP) is 2.44. The quantitative estimate of drug-likeness (QED) is 0.635. The molecule has 0 fully saturated rings. The molecular formula is C8H10ClNO2. The van der Waals surface area contributed by atoms with E-state index in [2.05, 4.69) is 4.98 Å². The lowest BCUT2D eigenvalue weighted by atomic mass is 9.92. The summed E-state index contributed by atoms with van der Waals surface area (Å²) in [6.07, 6.45) is 0.649. The van der Waals surface area contributed by atoms with Crippen LogP contribution in [0, 0.1) is 0 Å². The highest BCUT2D eigenvalue weighted by Gasteiger charge is 2.24. The van der Waals surface area contributed by atoms with E-state index in [0.717, 1.165) is 0 Å². The number of carbonyl (C=O) groups excluding carboxylic acids is 1. The Kier molecular flexibility index (Phi) is 2.24. The van der Waals surface area contributed by atoms with Crippen molar-refractivity contribution in [3.05, 3.63) is 16.8 Å². The fourth-order valence-corrected chi connectivity index (χ4v) is 1.09. The Hall–Kier alpha value is -0.830. The van der Waals surface area contributed by atoms with Gasteiger partial charge in [-0.3, -0.25) is 4.79 Å². The molecule has 0 spiro atoms. The van der Waals surface area contributed by atoms with Crippen molar-refractivity contribution in [3.8, 4) is 0 Å². The van der Waals surface area contributed by atoms with Crippen LogP contribution in [0.3, 0.4) is 0 Å². The SMILES string of the molecule is CC(C)(C)c1oc(Cl)nc1C=O. The Morgan fingerprint density at radius 3 is 2.42 bits per heavy atom. The van der Waals surface area contributed by atoms with Gasteiger partial charge in [0.2, 0.25) is 0 Å². The maximum absolute atomic E-state index is 10.5. The molecule has 66 valence electrons. The van der Waals surface area contributed by atoms with E-state index >= 15 is 0 Å². The number of hydrogen-bond acceptors (Lipinski definition) is 3. The summed E-state index contributed by atoms with van der Waals surface area (Å²) in [5.41, 5.74) is 0.0450. The Bertz CT molecular complexity index is 298. The van der Waals surface area contributed by atoms with Crippen LogP contribution >= 0.6 is 11.6 Å². The summed E-state index contributed by atoms with van der Waals surface area (Å²) in [5, 5.41) is 0.0158. The molecule has 0 bridgehead atoms. The molecule has 0 atom stereocenters. The van der Waals surface area contributed by atoms with Crippen molar-refractivity contribution in [1.29, 1.82) is 0 Å². The summed E-state index contributed by atoms with van der Waals surface area (Å²) in [6.45, 7) is 5.78. The number of aromatic nitrogens is 1. The van der Waals surface area contributed by atoms with Crippen LogP contribution in [-0.4, -0.2) is 11.3 Å². The van der Waals surface area contributed by atoms with Crippen LogP contribution in [0.2, 0.25) is 5.35 Å². The fraction of sp³-hybridized carbons (Fsp3) is 0.500. The van der Waals surface area contributed by atoms with Crippen LogP contribution in [-0.2, 0) is 5.41 Å². The maximum Gasteiger partial charge on any atom is 0.292 e.